The second-order valence-electron chi connectivity index (χ2n) is 7.39. The molecular formula is C15H26O6P2. The Balaban J connectivity index is 3.14. The molecule has 1 unspecified atom stereocenters. The van der Waals surface area contributed by atoms with E-state index in [0.717, 1.165) is 16.7 Å². The van der Waals surface area contributed by atoms with Crippen molar-refractivity contribution < 1.29 is 28.6 Å². The molecule has 1 aromatic carbocycles. The van der Waals surface area contributed by atoms with Crippen LogP contribution in [0.2, 0.25) is 0 Å². The third-order valence-corrected chi connectivity index (χ3v) is 4.76. The van der Waals surface area contributed by atoms with Crippen LogP contribution in [0.4, 0.5) is 0 Å². The van der Waals surface area contributed by atoms with Crippen LogP contribution in [0, 0.1) is 0 Å². The molecule has 0 aliphatic heterocycles. The fraction of sp³-hybridized carbons (Fsp3) is 0.600. The minimum atomic E-state index is -2.66. The Morgan fingerprint density at radius 2 is 1.35 bits per heavy atom. The van der Waals surface area contributed by atoms with Crippen LogP contribution in [0.5, 0.6) is 5.75 Å². The maximum atomic E-state index is 10.6. The van der Waals surface area contributed by atoms with Gasteiger partial charge in [0, 0.05) is 0 Å². The first-order valence-electron chi connectivity index (χ1n) is 7.17. The Labute approximate surface area is 140 Å². The van der Waals surface area contributed by atoms with E-state index in [4.69, 9.17) is 14.3 Å². The second-order valence-corrected chi connectivity index (χ2v) is 9.28. The number of phenolic OH excluding ortho intramolecular Hbond substituents is 1. The van der Waals surface area contributed by atoms with Crippen molar-refractivity contribution in [2.24, 2.45) is 0 Å². The van der Waals surface area contributed by atoms with Gasteiger partial charge in [-0.2, -0.15) is 0 Å². The summed E-state index contributed by atoms with van der Waals surface area (Å²) >= 11 is 0. The standard InChI is InChI=1S/C15H26O6P2/c1-14(2,3)11-7-10(9-20-23(19)21-22(17)18)8-12(13(11)16)15(4,5)6/h7-8,16-19H,9H2,1-6H3. The van der Waals surface area contributed by atoms with E-state index in [-0.39, 0.29) is 23.2 Å². The Hall–Kier alpha value is -0.320. The lowest BCUT2D eigenvalue weighted by atomic mass is 9.78. The van der Waals surface area contributed by atoms with Crippen LogP contribution < -0.4 is 0 Å². The summed E-state index contributed by atoms with van der Waals surface area (Å²) in [6, 6.07) is 3.66. The van der Waals surface area contributed by atoms with Gasteiger partial charge in [0.15, 0.2) is 0 Å². The summed E-state index contributed by atoms with van der Waals surface area (Å²) in [5, 5.41) is 10.6. The van der Waals surface area contributed by atoms with Gasteiger partial charge >= 0.3 is 17.2 Å². The molecule has 132 valence electrons. The molecule has 8 heteroatoms. The molecule has 0 aliphatic carbocycles. The van der Waals surface area contributed by atoms with Gasteiger partial charge in [-0.25, -0.2) is 4.31 Å². The summed E-state index contributed by atoms with van der Waals surface area (Å²) < 4.78 is 9.54. The zero-order valence-corrected chi connectivity index (χ0v) is 16.2. The second kappa shape index (κ2) is 7.71. The molecule has 0 saturated carbocycles. The van der Waals surface area contributed by atoms with Crippen molar-refractivity contribution in [3.05, 3.63) is 28.8 Å². The van der Waals surface area contributed by atoms with Crippen LogP contribution >= 0.6 is 17.2 Å². The first-order valence-corrected chi connectivity index (χ1v) is 9.46. The van der Waals surface area contributed by atoms with Gasteiger partial charge in [0.25, 0.3) is 0 Å². The molecule has 1 atom stereocenters. The van der Waals surface area contributed by atoms with Crippen molar-refractivity contribution in [3.8, 4) is 5.75 Å². The summed E-state index contributed by atoms with van der Waals surface area (Å²) in [4.78, 5) is 26.9. The van der Waals surface area contributed by atoms with E-state index in [1.807, 2.05) is 53.7 Å². The monoisotopic (exact) mass is 364 g/mol. The molecule has 6 nitrogen and oxygen atoms in total. The van der Waals surface area contributed by atoms with E-state index < -0.39 is 17.2 Å². The summed E-state index contributed by atoms with van der Waals surface area (Å²) in [5.74, 6) is 0.269. The molecule has 0 aliphatic rings. The van der Waals surface area contributed by atoms with Crippen molar-refractivity contribution in [2.45, 2.75) is 59.0 Å². The van der Waals surface area contributed by atoms with Gasteiger partial charge in [0.2, 0.25) is 0 Å². The van der Waals surface area contributed by atoms with E-state index in [2.05, 4.69) is 4.31 Å². The molecule has 1 aromatic rings. The van der Waals surface area contributed by atoms with Gasteiger partial charge < -0.3 is 24.3 Å². The minimum absolute atomic E-state index is 0.0395. The number of benzene rings is 1. The van der Waals surface area contributed by atoms with Crippen molar-refractivity contribution in [2.75, 3.05) is 0 Å². The maximum Gasteiger partial charge on any atom is 0.337 e. The van der Waals surface area contributed by atoms with Crippen molar-refractivity contribution in [1.29, 1.82) is 0 Å². The first kappa shape index (κ1) is 20.7. The van der Waals surface area contributed by atoms with E-state index >= 15 is 0 Å². The molecule has 0 saturated heterocycles. The predicted molar refractivity (Wildman–Crippen MR) is 91.9 cm³/mol. The van der Waals surface area contributed by atoms with Gasteiger partial charge in [-0.3, -0.25) is 0 Å². The van der Waals surface area contributed by atoms with Crippen LogP contribution in [0.3, 0.4) is 0 Å². The summed E-state index contributed by atoms with van der Waals surface area (Å²) in [6.45, 7) is 12.1. The van der Waals surface area contributed by atoms with Crippen molar-refractivity contribution in [1.82, 2.24) is 0 Å². The van der Waals surface area contributed by atoms with Gasteiger partial charge in [0.05, 0.1) is 6.61 Å². The molecule has 0 heterocycles. The number of rotatable bonds is 5. The zero-order chi connectivity index (χ0) is 18.0. The van der Waals surface area contributed by atoms with Gasteiger partial charge in [-0.05, 0) is 39.7 Å². The van der Waals surface area contributed by atoms with Crippen LogP contribution in [-0.2, 0) is 26.3 Å². The minimum Gasteiger partial charge on any atom is -0.507 e. The van der Waals surface area contributed by atoms with E-state index in [0.29, 0.717) is 0 Å². The van der Waals surface area contributed by atoms with Gasteiger partial charge in [0.1, 0.15) is 5.75 Å². The molecule has 4 N–H and O–H groups in total. The highest BCUT2D eigenvalue weighted by atomic mass is 31.2. The van der Waals surface area contributed by atoms with Gasteiger partial charge in [-0.1, -0.05) is 41.5 Å². The SMILES string of the molecule is CC(C)(C)c1cc(COP(O)OP(O)O)cc(C(C)(C)C)c1O. The topological polar surface area (TPSA) is 99.4 Å². The van der Waals surface area contributed by atoms with Gasteiger partial charge in [-0.15, -0.1) is 0 Å². The van der Waals surface area contributed by atoms with Crippen LogP contribution in [0.1, 0.15) is 58.2 Å². The Kier molecular flexibility index (Phi) is 6.95. The summed E-state index contributed by atoms with van der Waals surface area (Å²) in [6.07, 6.45) is 0. The smallest absolute Gasteiger partial charge is 0.337 e. The average molecular weight is 364 g/mol. The highest BCUT2D eigenvalue weighted by molar-refractivity contribution is 7.54. The molecule has 0 spiro atoms. The molecule has 0 aromatic heterocycles. The van der Waals surface area contributed by atoms with E-state index in [1.165, 1.54) is 0 Å². The van der Waals surface area contributed by atoms with Crippen molar-refractivity contribution >= 4 is 17.2 Å². The predicted octanol–water partition coefficient (Wildman–Crippen LogP) is 3.95. The average Bonchev–Trinajstić information content (AvgIpc) is 2.33. The zero-order valence-electron chi connectivity index (χ0n) is 14.4. The van der Waals surface area contributed by atoms with Crippen LogP contribution in [0.25, 0.3) is 0 Å². The fourth-order valence-electron chi connectivity index (χ4n) is 2.14. The number of aromatic hydroxyl groups is 1. The highest BCUT2D eigenvalue weighted by Crippen LogP contribution is 2.47. The molecule has 0 amide bonds. The van der Waals surface area contributed by atoms with Crippen LogP contribution in [-0.4, -0.2) is 19.8 Å². The lowest BCUT2D eigenvalue weighted by Crippen LogP contribution is -2.18. The summed E-state index contributed by atoms with van der Waals surface area (Å²) in [5.41, 5.74) is 1.83. The molecule has 0 bridgehead atoms. The van der Waals surface area contributed by atoms with E-state index in [9.17, 15) is 10.00 Å². The quantitative estimate of drug-likeness (QED) is 0.591. The Morgan fingerprint density at radius 3 is 1.70 bits per heavy atom. The Morgan fingerprint density at radius 1 is 0.913 bits per heavy atom. The summed E-state index contributed by atoms with van der Waals surface area (Å²) in [7, 11) is -5.02. The number of hydrogen-bond acceptors (Lipinski definition) is 6. The maximum absolute atomic E-state index is 10.6. The van der Waals surface area contributed by atoms with E-state index in [1.54, 1.807) is 0 Å². The third-order valence-electron chi connectivity index (χ3n) is 3.27. The van der Waals surface area contributed by atoms with Crippen LogP contribution in [0.15, 0.2) is 12.1 Å². The molecule has 1 rings (SSSR count). The fourth-order valence-corrected chi connectivity index (χ4v) is 3.08. The first-order chi connectivity index (χ1) is 10.3. The molecule has 23 heavy (non-hydrogen) atoms. The lowest BCUT2D eigenvalue weighted by Gasteiger charge is -2.28. The van der Waals surface area contributed by atoms with Crippen molar-refractivity contribution in [3.63, 3.8) is 0 Å². The lowest BCUT2D eigenvalue weighted by molar-refractivity contribution is 0.239. The third kappa shape index (κ3) is 6.24. The molecule has 0 radical (unpaired) electrons. The Bertz CT molecular complexity index is 499. The normalized spacial score (nSPS) is 14.3. The highest BCUT2D eigenvalue weighted by Gasteiger charge is 2.26. The largest absolute Gasteiger partial charge is 0.507 e. The molecule has 0 fully saturated rings. The number of hydrogen-bond donors (Lipinski definition) is 4. The molecular weight excluding hydrogens is 338 g/mol. The number of phenols is 1.